The second kappa shape index (κ2) is 12.7. The van der Waals surface area contributed by atoms with E-state index in [4.69, 9.17) is 9.63 Å². The number of hydrogen-bond donors (Lipinski definition) is 1. The first kappa shape index (κ1) is 26.7. The van der Waals surface area contributed by atoms with Crippen LogP contribution in [0, 0.1) is 17.7 Å². The van der Waals surface area contributed by atoms with Crippen molar-refractivity contribution >= 4 is 12.4 Å². The van der Waals surface area contributed by atoms with Crippen molar-refractivity contribution in [2.45, 2.75) is 33.7 Å². The van der Waals surface area contributed by atoms with Crippen molar-refractivity contribution < 1.29 is 28.3 Å². The minimum Gasteiger partial charge on any atom is -0.481 e. The maximum absolute atomic E-state index is 14.6. The van der Waals surface area contributed by atoms with Crippen LogP contribution >= 0.6 is 0 Å². The Morgan fingerprint density at radius 2 is 1.92 bits per heavy atom. The van der Waals surface area contributed by atoms with Crippen LogP contribution in [0.15, 0.2) is 59.3 Å². The van der Waals surface area contributed by atoms with Gasteiger partial charge in [0.2, 0.25) is 5.82 Å². The third-order valence-electron chi connectivity index (χ3n) is 5.55. The molecular formula is C27H30FN3O5. The lowest BCUT2D eigenvalue weighted by molar-refractivity contribution is -0.147. The highest BCUT2D eigenvalue weighted by Gasteiger charge is 2.32. The number of halogens is 1. The highest BCUT2D eigenvalue weighted by atomic mass is 19.1. The topological polar surface area (TPSA) is 106 Å². The van der Waals surface area contributed by atoms with E-state index in [1.807, 2.05) is 17.0 Å². The molecule has 0 spiro atoms. The van der Waals surface area contributed by atoms with Crippen molar-refractivity contribution in [1.29, 1.82) is 0 Å². The predicted octanol–water partition coefficient (Wildman–Crippen LogP) is 4.95. The van der Waals surface area contributed by atoms with Crippen LogP contribution in [0.2, 0.25) is 0 Å². The fourth-order valence-corrected chi connectivity index (χ4v) is 3.73. The summed E-state index contributed by atoms with van der Waals surface area (Å²) >= 11 is 0. The maximum Gasteiger partial charge on any atom is 0.309 e. The van der Waals surface area contributed by atoms with E-state index in [-0.39, 0.29) is 11.7 Å². The number of carbonyl (C=O) groups excluding carboxylic acids is 1. The summed E-state index contributed by atoms with van der Waals surface area (Å²) in [6, 6.07) is 12.9. The number of carbonyl (C=O) groups is 2. The molecule has 3 aromatic rings. The highest BCUT2D eigenvalue weighted by molar-refractivity contribution is 5.71. The number of nitrogens with zero attached hydrogens (tertiary/aromatic N) is 3. The molecule has 0 bridgehead atoms. The van der Waals surface area contributed by atoms with Crippen LogP contribution in [0.3, 0.4) is 0 Å². The van der Waals surface area contributed by atoms with Crippen molar-refractivity contribution in [3.8, 4) is 22.8 Å². The highest BCUT2D eigenvalue weighted by Crippen LogP contribution is 2.26. The van der Waals surface area contributed by atoms with Crippen molar-refractivity contribution in [3.05, 3.63) is 71.7 Å². The Kier molecular flexibility index (Phi) is 9.46. The number of carboxylic acids is 1. The van der Waals surface area contributed by atoms with Gasteiger partial charge in [0.25, 0.3) is 12.4 Å². The van der Waals surface area contributed by atoms with E-state index in [0.29, 0.717) is 54.9 Å². The van der Waals surface area contributed by atoms with Crippen LogP contribution < -0.4 is 0 Å². The summed E-state index contributed by atoms with van der Waals surface area (Å²) in [5.41, 5.74) is 3.13. The molecule has 4 rings (SSSR count). The van der Waals surface area contributed by atoms with E-state index in [2.05, 4.69) is 40.9 Å². The average Bonchev–Trinajstić information content (AvgIpc) is 3.31. The number of ether oxygens (including phenoxy) is 1. The van der Waals surface area contributed by atoms with Crippen molar-refractivity contribution in [2.24, 2.45) is 11.8 Å². The van der Waals surface area contributed by atoms with Gasteiger partial charge < -0.3 is 14.4 Å². The lowest BCUT2D eigenvalue weighted by atomic mass is 9.99. The van der Waals surface area contributed by atoms with Gasteiger partial charge in [-0.25, -0.2) is 4.39 Å². The van der Waals surface area contributed by atoms with Crippen LogP contribution in [0.4, 0.5) is 4.39 Å². The normalized spacial score (nSPS) is 13.8. The molecular weight excluding hydrogens is 465 g/mol. The number of hydrogen-bond acceptors (Lipinski definition) is 7. The quantitative estimate of drug-likeness (QED) is 0.328. The molecule has 0 saturated carbocycles. The van der Waals surface area contributed by atoms with E-state index in [1.54, 1.807) is 25.1 Å². The zero-order valence-corrected chi connectivity index (χ0v) is 20.6. The van der Waals surface area contributed by atoms with Crippen molar-refractivity contribution in [1.82, 2.24) is 15.0 Å². The van der Waals surface area contributed by atoms with Gasteiger partial charge in [-0.1, -0.05) is 49.3 Å². The average molecular weight is 496 g/mol. The summed E-state index contributed by atoms with van der Waals surface area (Å²) in [7, 11) is 0. The van der Waals surface area contributed by atoms with Gasteiger partial charge in [-0.05, 0) is 43.0 Å². The van der Waals surface area contributed by atoms with Gasteiger partial charge in [0, 0.05) is 36.3 Å². The molecule has 2 heterocycles. The van der Waals surface area contributed by atoms with Crippen molar-refractivity contribution in [2.75, 3.05) is 13.1 Å². The summed E-state index contributed by atoms with van der Waals surface area (Å²) in [6.07, 6.45) is 3.96. The molecule has 190 valence electrons. The molecule has 2 aromatic carbocycles. The van der Waals surface area contributed by atoms with Crippen LogP contribution in [0.5, 0.6) is 0 Å². The SMILES string of the molecule is C/C=C\OC=O.CC(C)Cc1ccc(-c2nc(-c3ccc(CN4CC(C(=O)O)C4)c(F)c3)no2)cc1. The van der Waals surface area contributed by atoms with E-state index in [9.17, 15) is 14.0 Å². The van der Waals surface area contributed by atoms with Gasteiger partial charge in [-0.3, -0.25) is 14.5 Å². The van der Waals surface area contributed by atoms with Gasteiger partial charge in [-0.2, -0.15) is 4.98 Å². The minimum absolute atomic E-state index is 0.330. The predicted molar refractivity (Wildman–Crippen MR) is 132 cm³/mol. The molecule has 9 heteroatoms. The monoisotopic (exact) mass is 495 g/mol. The van der Waals surface area contributed by atoms with Crippen LogP contribution in [0.1, 0.15) is 31.9 Å². The first-order chi connectivity index (χ1) is 17.3. The number of allylic oxidation sites excluding steroid dienone is 1. The van der Waals surface area contributed by atoms with Gasteiger partial charge in [0.05, 0.1) is 12.2 Å². The molecule has 1 fully saturated rings. The first-order valence-electron chi connectivity index (χ1n) is 11.7. The molecule has 1 aromatic heterocycles. The molecule has 1 N–H and O–H groups in total. The summed E-state index contributed by atoms with van der Waals surface area (Å²) in [4.78, 5) is 26.5. The number of likely N-dealkylation sites (tertiary alicyclic amines) is 1. The summed E-state index contributed by atoms with van der Waals surface area (Å²) in [6.45, 7) is 7.78. The Labute approximate surface area is 209 Å². The van der Waals surface area contributed by atoms with E-state index < -0.39 is 5.97 Å². The summed E-state index contributed by atoms with van der Waals surface area (Å²) in [5.74, 6) is -0.212. The van der Waals surface area contributed by atoms with Crippen LogP contribution in [-0.4, -0.2) is 45.7 Å². The fraction of sp³-hybridized carbons (Fsp3) is 0.333. The molecule has 0 atom stereocenters. The number of benzene rings is 2. The van der Waals surface area contributed by atoms with Gasteiger partial charge in [-0.15, -0.1) is 0 Å². The van der Waals surface area contributed by atoms with Gasteiger partial charge in [0.1, 0.15) is 5.82 Å². The van der Waals surface area contributed by atoms with E-state index in [1.165, 1.54) is 17.9 Å². The number of aromatic nitrogens is 2. The molecule has 1 aliphatic heterocycles. The second-order valence-electron chi connectivity index (χ2n) is 8.96. The number of carboxylic acid groups (broad SMARTS) is 1. The molecule has 36 heavy (non-hydrogen) atoms. The number of aliphatic carboxylic acids is 1. The van der Waals surface area contributed by atoms with Gasteiger partial charge >= 0.3 is 5.97 Å². The molecule has 1 saturated heterocycles. The van der Waals surface area contributed by atoms with Crippen LogP contribution in [0.25, 0.3) is 22.8 Å². The molecule has 8 nitrogen and oxygen atoms in total. The fourth-order valence-electron chi connectivity index (χ4n) is 3.73. The largest absolute Gasteiger partial charge is 0.481 e. The standard InChI is InChI=1S/C23H24FN3O3.C4H6O2/c1-14(2)9-15-3-5-16(6-4-15)22-25-21(26-30-22)17-7-8-18(20(24)10-17)11-27-12-19(13-27)23(28)29;1-2-3-6-4-5/h3-8,10,14,19H,9,11-13H2,1-2H3,(H,28,29);2-4H,1H3/b;3-2-. The molecule has 0 aliphatic carbocycles. The van der Waals surface area contributed by atoms with Gasteiger partial charge in [0.15, 0.2) is 0 Å². The Morgan fingerprint density at radius 1 is 1.22 bits per heavy atom. The first-order valence-corrected chi connectivity index (χ1v) is 11.7. The molecule has 1 aliphatic rings. The van der Waals surface area contributed by atoms with Crippen molar-refractivity contribution in [3.63, 3.8) is 0 Å². The minimum atomic E-state index is -0.801. The molecule has 0 radical (unpaired) electrons. The lowest BCUT2D eigenvalue weighted by Gasteiger charge is -2.36. The second-order valence-corrected chi connectivity index (χ2v) is 8.96. The smallest absolute Gasteiger partial charge is 0.309 e. The third-order valence-corrected chi connectivity index (χ3v) is 5.55. The lowest BCUT2D eigenvalue weighted by Crippen LogP contribution is -2.49. The third kappa shape index (κ3) is 7.32. The summed E-state index contributed by atoms with van der Waals surface area (Å²) in [5, 5.41) is 12.9. The molecule has 0 unspecified atom stereocenters. The Morgan fingerprint density at radius 3 is 2.47 bits per heavy atom. The zero-order chi connectivity index (χ0) is 26.1. The Balaban J connectivity index is 0.000000538. The van der Waals surface area contributed by atoms with Crippen LogP contribution in [-0.2, 0) is 27.3 Å². The maximum atomic E-state index is 14.6. The molecule has 0 amide bonds. The Hall–Kier alpha value is -3.85. The number of rotatable bonds is 9. The zero-order valence-electron chi connectivity index (χ0n) is 20.6. The summed E-state index contributed by atoms with van der Waals surface area (Å²) < 4.78 is 24.1. The Bertz CT molecular complexity index is 1180. The van der Waals surface area contributed by atoms with E-state index >= 15 is 0 Å². The van der Waals surface area contributed by atoms with E-state index in [0.717, 1.165) is 12.0 Å².